The van der Waals surface area contributed by atoms with Crippen LogP contribution in [0.25, 0.3) is 0 Å². The Morgan fingerprint density at radius 3 is 1.89 bits per heavy atom. The van der Waals surface area contributed by atoms with E-state index in [0.29, 0.717) is 0 Å². The van der Waals surface area contributed by atoms with Gasteiger partial charge in [-0.25, -0.2) is 0 Å². The fraction of sp³-hybridized carbons (Fsp3) is 1.00. The van der Waals surface area contributed by atoms with Crippen LogP contribution in [0.1, 0.15) is 6.92 Å². The predicted octanol–water partition coefficient (Wildman–Crippen LogP) is 1.90. The van der Waals surface area contributed by atoms with Gasteiger partial charge in [0.15, 0.2) is 5.56 Å². The summed E-state index contributed by atoms with van der Waals surface area (Å²) in [7, 11) is 0. The van der Waals surface area contributed by atoms with E-state index in [1.54, 1.807) is 0 Å². The summed E-state index contributed by atoms with van der Waals surface area (Å²) in [5.74, 6) is 0. The second-order valence-electron chi connectivity index (χ2n) is 2.04. The number of hydrogen-bond acceptors (Lipinski definition) is 1. The van der Waals surface area contributed by atoms with E-state index in [2.05, 4.69) is 4.74 Å². The molecule has 0 bridgehead atoms. The molecule has 0 saturated carbocycles. The van der Waals surface area contributed by atoms with Crippen LogP contribution < -0.4 is 0 Å². The summed E-state index contributed by atoms with van der Waals surface area (Å²) in [6, 6.07) is 0. The van der Waals surface area contributed by atoms with Gasteiger partial charge in [-0.2, -0.15) is 13.2 Å². The molecule has 2 unspecified atom stereocenters. The highest BCUT2D eigenvalue weighted by Crippen LogP contribution is 2.50. The molecule has 1 heterocycles. The van der Waals surface area contributed by atoms with Crippen molar-refractivity contribution >= 4 is 11.6 Å². The lowest BCUT2D eigenvalue weighted by molar-refractivity contribution is -0.178. The third-order valence-corrected chi connectivity index (χ3v) is 1.79. The van der Waals surface area contributed by atoms with Crippen molar-refractivity contribution in [1.82, 2.24) is 0 Å². The monoisotopic (exact) mass is 160 g/mol. The highest BCUT2D eigenvalue weighted by atomic mass is 35.5. The van der Waals surface area contributed by atoms with Crippen LogP contribution in [0.2, 0.25) is 0 Å². The first-order valence-corrected chi connectivity index (χ1v) is 2.70. The minimum atomic E-state index is -4.33. The summed E-state index contributed by atoms with van der Waals surface area (Å²) in [6.45, 7) is 0.921. The van der Waals surface area contributed by atoms with Gasteiger partial charge in [0.25, 0.3) is 0 Å². The van der Waals surface area contributed by atoms with E-state index in [9.17, 15) is 13.2 Å². The van der Waals surface area contributed by atoms with Crippen LogP contribution in [0.15, 0.2) is 0 Å². The zero-order chi connectivity index (χ0) is 7.28. The summed E-state index contributed by atoms with van der Waals surface area (Å²) in [4.78, 5) is 0. The Morgan fingerprint density at radius 2 is 1.89 bits per heavy atom. The lowest BCUT2D eigenvalue weighted by Gasteiger charge is -2.08. The SMILES string of the molecule is CC1(C(F)(F)F)OC1Cl. The van der Waals surface area contributed by atoms with E-state index >= 15 is 0 Å². The Balaban J connectivity index is 2.64. The molecular weight excluding hydrogens is 156 g/mol. The minimum absolute atomic E-state index is 0.921. The molecule has 5 heteroatoms. The maximum Gasteiger partial charge on any atom is 0.421 e. The maximum absolute atomic E-state index is 11.7. The van der Waals surface area contributed by atoms with Crippen molar-refractivity contribution in [2.24, 2.45) is 0 Å². The minimum Gasteiger partial charge on any atom is -0.339 e. The van der Waals surface area contributed by atoms with Gasteiger partial charge in [-0.05, 0) is 6.92 Å². The molecule has 1 nitrogen and oxygen atoms in total. The second kappa shape index (κ2) is 1.55. The molecular formula is C4H4ClF3O. The Bertz CT molecular complexity index is 134. The first-order chi connectivity index (χ1) is 3.88. The van der Waals surface area contributed by atoms with Gasteiger partial charge >= 0.3 is 6.18 Å². The molecule has 1 aliphatic heterocycles. The van der Waals surface area contributed by atoms with E-state index in [4.69, 9.17) is 11.6 Å². The molecule has 0 spiro atoms. The molecule has 0 aromatic heterocycles. The number of halogens is 4. The lowest BCUT2D eigenvalue weighted by Crippen LogP contribution is -2.30. The average molecular weight is 161 g/mol. The smallest absolute Gasteiger partial charge is 0.339 e. The Labute approximate surface area is 54.7 Å². The Morgan fingerprint density at radius 1 is 1.56 bits per heavy atom. The topological polar surface area (TPSA) is 12.5 Å². The zero-order valence-electron chi connectivity index (χ0n) is 4.50. The van der Waals surface area contributed by atoms with E-state index in [-0.39, 0.29) is 0 Å². The van der Waals surface area contributed by atoms with Crippen LogP contribution in [0.4, 0.5) is 13.2 Å². The number of ether oxygens (including phenoxy) is 1. The van der Waals surface area contributed by atoms with Crippen LogP contribution in [0.5, 0.6) is 0 Å². The molecule has 1 aliphatic rings. The molecule has 1 rings (SSSR count). The van der Waals surface area contributed by atoms with Crippen molar-refractivity contribution in [3.05, 3.63) is 0 Å². The predicted molar refractivity (Wildman–Crippen MR) is 25.2 cm³/mol. The summed E-state index contributed by atoms with van der Waals surface area (Å²) in [5, 5.41) is 0. The Kier molecular flexibility index (Phi) is 1.23. The number of hydrogen-bond donors (Lipinski definition) is 0. The molecule has 1 fully saturated rings. The third kappa shape index (κ3) is 0.901. The van der Waals surface area contributed by atoms with E-state index in [1.165, 1.54) is 0 Å². The number of rotatable bonds is 0. The fourth-order valence-corrected chi connectivity index (χ4v) is 0.685. The van der Waals surface area contributed by atoms with Gasteiger partial charge in [0, 0.05) is 0 Å². The molecule has 0 radical (unpaired) electrons. The number of epoxide rings is 1. The van der Waals surface area contributed by atoms with Crippen molar-refractivity contribution < 1.29 is 17.9 Å². The molecule has 54 valence electrons. The summed E-state index contributed by atoms with van der Waals surface area (Å²) in [6.07, 6.45) is -4.33. The van der Waals surface area contributed by atoms with Gasteiger partial charge in [-0.15, -0.1) is 0 Å². The van der Waals surface area contributed by atoms with Crippen LogP contribution in [0, 0.1) is 0 Å². The van der Waals surface area contributed by atoms with Crippen molar-refractivity contribution in [3.8, 4) is 0 Å². The molecule has 0 aromatic carbocycles. The third-order valence-electron chi connectivity index (χ3n) is 1.29. The van der Waals surface area contributed by atoms with Gasteiger partial charge in [-0.3, -0.25) is 0 Å². The molecule has 9 heavy (non-hydrogen) atoms. The molecule has 0 amide bonds. The van der Waals surface area contributed by atoms with Crippen molar-refractivity contribution in [1.29, 1.82) is 0 Å². The highest BCUT2D eigenvalue weighted by molar-refractivity contribution is 6.22. The summed E-state index contributed by atoms with van der Waals surface area (Å²) < 4.78 is 39.1. The highest BCUT2D eigenvalue weighted by Gasteiger charge is 2.69. The molecule has 2 atom stereocenters. The van der Waals surface area contributed by atoms with Crippen molar-refractivity contribution in [3.63, 3.8) is 0 Å². The van der Waals surface area contributed by atoms with E-state index < -0.39 is 17.3 Å². The quantitative estimate of drug-likeness (QED) is 0.390. The van der Waals surface area contributed by atoms with Gasteiger partial charge in [0.2, 0.25) is 5.60 Å². The van der Waals surface area contributed by atoms with Crippen LogP contribution >= 0.6 is 11.6 Å². The standard InChI is InChI=1S/C4H4ClF3O/c1-3(2(5)9-3)4(6,7)8/h2H,1H3. The maximum atomic E-state index is 11.7. The number of alkyl halides is 4. The van der Waals surface area contributed by atoms with Gasteiger partial charge in [-0.1, -0.05) is 11.6 Å². The van der Waals surface area contributed by atoms with Crippen molar-refractivity contribution in [2.75, 3.05) is 0 Å². The summed E-state index contributed by atoms with van der Waals surface area (Å²) >= 11 is 5.04. The van der Waals surface area contributed by atoms with E-state index in [0.717, 1.165) is 6.92 Å². The normalized spacial score (nSPS) is 43.0. The first kappa shape index (κ1) is 7.15. The molecule has 1 saturated heterocycles. The lowest BCUT2D eigenvalue weighted by atomic mass is 10.2. The Hall–Kier alpha value is 0.0400. The molecule has 0 aliphatic carbocycles. The van der Waals surface area contributed by atoms with Crippen LogP contribution in [-0.2, 0) is 4.74 Å². The summed E-state index contributed by atoms with van der Waals surface area (Å²) in [5.41, 5.74) is -3.29. The molecule has 0 aromatic rings. The van der Waals surface area contributed by atoms with Crippen LogP contribution in [-0.4, -0.2) is 17.3 Å². The van der Waals surface area contributed by atoms with Crippen LogP contribution in [0.3, 0.4) is 0 Å². The van der Waals surface area contributed by atoms with E-state index in [1.807, 2.05) is 0 Å². The zero-order valence-corrected chi connectivity index (χ0v) is 5.25. The molecule has 0 N–H and O–H groups in total. The second-order valence-corrected chi connectivity index (χ2v) is 2.44. The fourth-order valence-electron chi connectivity index (χ4n) is 0.376. The van der Waals surface area contributed by atoms with Gasteiger partial charge in [0.05, 0.1) is 0 Å². The van der Waals surface area contributed by atoms with Gasteiger partial charge < -0.3 is 4.74 Å². The van der Waals surface area contributed by atoms with Crippen molar-refractivity contribution in [2.45, 2.75) is 24.3 Å². The average Bonchev–Trinajstić information content (AvgIpc) is 2.13. The largest absolute Gasteiger partial charge is 0.421 e. The first-order valence-electron chi connectivity index (χ1n) is 2.26. The van der Waals surface area contributed by atoms with Gasteiger partial charge in [0.1, 0.15) is 0 Å².